The SMILES string of the molecule is COc1ccc(CC(=O)N2CC3CC2c2c(O)n(-c4ccc(C#N)c(Cl)c4C)c(=O)n23)cc1OC. The van der Waals surface area contributed by atoms with Crippen LogP contribution in [0.15, 0.2) is 35.1 Å². The number of imidazole rings is 1. The van der Waals surface area contributed by atoms with E-state index in [0.29, 0.717) is 47.0 Å². The van der Waals surface area contributed by atoms with Gasteiger partial charge >= 0.3 is 5.69 Å². The second-order valence-electron chi connectivity index (χ2n) is 8.70. The summed E-state index contributed by atoms with van der Waals surface area (Å²) in [6.45, 7) is 2.08. The van der Waals surface area contributed by atoms with E-state index in [2.05, 4.69) is 0 Å². The van der Waals surface area contributed by atoms with E-state index >= 15 is 0 Å². The lowest BCUT2D eigenvalue weighted by Crippen LogP contribution is -2.38. The lowest BCUT2D eigenvalue weighted by Gasteiger charge is -2.28. The third-order valence-corrected chi connectivity index (χ3v) is 7.39. The van der Waals surface area contributed by atoms with E-state index in [9.17, 15) is 20.0 Å². The summed E-state index contributed by atoms with van der Waals surface area (Å²) in [6.07, 6.45) is 0.726. The zero-order chi connectivity index (χ0) is 25.0. The molecule has 1 saturated heterocycles. The van der Waals surface area contributed by atoms with Gasteiger partial charge in [-0.1, -0.05) is 17.7 Å². The number of benzene rings is 2. The first kappa shape index (κ1) is 22.9. The Morgan fingerprint density at radius 2 is 1.97 bits per heavy atom. The van der Waals surface area contributed by atoms with Crippen LogP contribution in [0.1, 0.15) is 40.9 Å². The number of halogens is 1. The Labute approximate surface area is 206 Å². The van der Waals surface area contributed by atoms with Crippen molar-refractivity contribution in [3.05, 3.63) is 68.2 Å². The van der Waals surface area contributed by atoms with Gasteiger partial charge in [0.05, 0.1) is 49.0 Å². The fraction of sp³-hybridized carbons (Fsp3) is 0.320. The average molecular weight is 495 g/mol. The summed E-state index contributed by atoms with van der Waals surface area (Å²) in [7, 11) is 3.09. The Hall–Kier alpha value is -3.90. The van der Waals surface area contributed by atoms with E-state index in [-0.39, 0.29) is 35.0 Å². The number of aromatic hydroxyl groups is 1. The summed E-state index contributed by atoms with van der Waals surface area (Å²) >= 11 is 6.30. The van der Waals surface area contributed by atoms with E-state index in [1.165, 1.54) is 10.6 Å². The van der Waals surface area contributed by atoms with Gasteiger partial charge in [0, 0.05) is 6.54 Å². The van der Waals surface area contributed by atoms with Crippen LogP contribution in [0.2, 0.25) is 5.02 Å². The fourth-order valence-corrected chi connectivity index (χ4v) is 5.41. The molecule has 10 heteroatoms. The quantitative estimate of drug-likeness (QED) is 0.583. The molecule has 0 aliphatic carbocycles. The number of carbonyl (C=O) groups is 1. The summed E-state index contributed by atoms with van der Waals surface area (Å²) in [5, 5.41) is 20.6. The minimum Gasteiger partial charge on any atom is -0.493 e. The van der Waals surface area contributed by atoms with Gasteiger partial charge in [-0.15, -0.1) is 0 Å². The van der Waals surface area contributed by atoms with Crippen molar-refractivity contribution >= 4 is 17.5 Å². The predicted molar refractivity (Wildman–Crippen MR) is 128 cm³/mol. The minimum absolute atomic E-state index is 0.104. The summed E-state index contributed by atoms with van der Waals surface area (Å²) in [6, 6.07) is 9.84. The van der Waals surface area contributed by atoms with Gasteiger partial charge in [0.2, 0.25) is 11.8 Å². The molecule has 35 heavy (non-hydrogen) atoms. The molecular weight excluding hydrogens is 472 g/mol. The van der Waals surface area contributed by atoms with E-state index < -0.39 is 6.04 Å². The predicted octanol–water partition coefficient (Wildman–Crippen LogP) is 3.27. The largest absolute Gasteiger partial charge is 0.493 e. The highest BCUT2D eigenvalue weighted by atomic mass is 35.5. The normalized spacial score (nSPS) is 17.9. The number of ether oxygens (including phenoxy) is 2. The van der Waals surface area contributed by atoms with Gasteiger partial charge in [0.25, 0.3) is 0 Å². The van der Waals surface area contributed by atoms with Gasteiger partial charge in [-0.2, -0.15) is 5.26 Å². The van der Waals surface area contributed by atoms with Crippen LogP contribution in [0.25, 0.3) is 5.69 Å². The topological polar surface area (TPSA) is 110 Å². The van der Waals surface area contributed by atoms with Gasteiger partial charge in [-0.25, -0.2) is 9.36 Å². The summed E-state index contributed by atoms with van der Waals surface area (Å²) in [5.41, 5.74) is 2.02. The number of methoxy groups -OCH3 is 2. The monoisotopic (exact) mass is 494 g/mol. The number of hydrogen-bond donors (Lipinski definition) is 1. The van der Waals surface area contributed by atoms with E-state index in [0.717, 1.165) is 5.56 Å². The Morgan fingerprint density at radius 3 is 2.66 bits per heavy atom. The second-order valence-corrected chi connectivity index (χ2v) is 9.08. The molecule has 5 rings (SSSR count). The van der Waals surface area contributed by atoms with Gasteiger partial charge in [-0.3, -0.25) is 9.36 Å². The van der Waals surface area contributed by atoms with Crippen LogP contribution in [-0.4, -0.2) is 45.8 Å². The van der Waals surface area contributed by atoms with Gasteiger partial charge in [-0.05, 0) is 48.7 Å². The molecule has 1 amide bonds. The van der Waals surface area contributed by atoms with Crippen molar-refractivity contribution in [2.24, 2.45) is 0 Å². The summed E-state index contributed by atoms with van der Waals surface area (Å²) < 4.78 is 13.4. The first-order valence-corrected chi connectivity index (χ1v) is 11.4. The highest BCUT2D eigenvalue weighted by molar-refractivity contribution is 6.32. The molecule has 1 aromatic heterocycles. The minimum atomic E-state index is -0.407. The lowest BCUT2D eigenvalue weighted by molar-refractivity contribution is -0.132. The molecule has 2 aliphatic heterocycles. The zero-order valence-corrected chi connectivity index (χ0v) is 20.2. The Kier molecular flexibility index (Phi) is 5.49. The molecule has 0 spiro atoms. The number of hydrogen-bond acceptors (Lipinski definition) is 6. The van der Waals surface area contributed by atoms with Crippen LogP contribution in [-0.2, 0) is 11.2 Å². The standard InChI is InChI=1S/C25H23ClN4O5/c1-13-17(6-5-15(11-27)22(13)26)30-24(32)23-18-10-16(29(23)25(30)33)12-28(18)21(31)9-14-4-7-19(34-2)20(8-14)35-3/h4-8,16,18,32H,9-10,12H2,1-3H3. The highest BCUT2D eigenvalue weighted by Gasteiger charge is 2.49. The number of likely N-dealkylation sites (tertiary alicyclic amines) is 1. The van der Waals surface area contributed by atoms with Crippen LogP contribution in [0.5, 0.6) is 17.4 Å². The van der Waals surface area contributed by atoms with Crippen molar-refractivity contribution in [1.29, 1.82) is 5.26 Å². The molecule has 1 N–H and O–H groups in total. The van der Waals surface area contributed by atoms with Crippen LogP contribution < -0.4 is 15.2 Å². The smallest absolute Gasteiger partial charge is 0.336 e. The van der Waals surface area contributed by atoms with Gasteiger partial charge in [0.15, 0.2) is 11.5 Å². The zero-order valence-electron chi connectivity index (χ0n) is 19.4. The van der Waals surface area contributed by atoms with Crippen molar-refractivity contribution in [2.45, 2.75) is 31.8 Å². The van der Waals surface area contributed by atoms with Crippen molar-refractivity contribution in [3.8, 4) is 29.1 Å². The molecule has 0 saturated carbocycles. The highest BCUT2D eigenvalue weighted by Crippen LogP contribution is 2.49. The summed E-state index contributed by atoms with van der Waals surface area (Å²) in [4.78, 5) is 28.3. The van der Waals surface area contributed by atoms with Crippen LogP contribution in [0, 0.1) is 18.3 Å². The van der Waals surface area contributed by atoms with E-state index in [4.69, 9.17) is 21.1 Å². The van der Waals surface area contributed by atoms with Gasteiger partial charge in [0.1, 0.15) is 11.8 Å². The van der Waals surface area contributed by atoms with Crippen molar-refractivity contribution in [1.82, 2.24) is 14.0 Å². The number of carbonyl (C=O) groups excluding carboxylic acids is 1. The molecule has 180 valence electrons. The van der Waals surface area contributed by atoms with Crippen LogP contribution in [0.4, 0.5) is 0 Å². The molecule has 2 bridgehead atoms. The molecule has 3 aromatic rings. The molecule has 3 heterocycles. The molecule has 1 fully saturated rings. The maximum absolute atomic E-state index is 13.3. The van der Waals surface area contributed by atoms with Crippen LogP contribution in [0.3, 0.4) is 0 Å². The molecule has 2 aromatic carbocycles. The maximum Gasteiger partial charge on any atom is 0.336 e. The number of nitrogens with zero attached hydrogens (tertiary/aromatic N) is 4. The van der Waals surface area contributed by atoms with E-state index in [1.807, 2.05) is 12.1 Å². The van der Waals surface area contributed by atoms with Crippen molar-refractivity contribution < 1.29 is 19.4 Å². The van der Waals surface area contributed by atoms with Gasteiger partial charge < -0.3 is 19.5 Å². The first-order valence-electron chi connectivity index (χ1n) is 11.1. The molecule has 2 aliphatic rings. The maximum atomic E-state index is 13.3. The number of nitriles is 1. The molecule has 2 atom stereocenters. The van der Waals surface area contributed by atoms with Crippen LogP contribution >= 0.6 is 11.6 Å². The Bertz CT molecular complexity index is 1470. The fourth-order valence-electron chi connectivity index (χ4n) is 5.21. The number of rotatable bonds is 5. The second kappa shape index (κ2) is 8.40. The summed E-state index contributed by atoms with van der Waals surface area (Å²) in [5.74, 6) is 0.807. The number of amides is 1. The lowest BCUT2D eigenvalue weighted by atomic mass is 10.1. The number of aromatic nitrogens is 2. The molecule has 9 nitrogen and oxygen atoms in total. The molecular formula is C25H23ClN4O5. The van der Waals surface area contributed by atoms with Crippen molar-refractivity contribution in [3.63, 3.8) is 0 Å². The molecule has 0 radical (unpaired) electrons. The Morgan fingerprint density at radius 1 is 1.23 bits per heavy atom. The average Bonchev–Trinajstić information content (AvgIpc) is 3.52. The number of fused-ring (bicyclic) bond motifs is 5. The third kappa shape index (κ3) is 3.36. The third-order valence-electron chi connectivity index (χ3n) is 6.90. The van der Waals surface area contributed by atoms with E-state index in [1.54, 1.807) is 48.8 Å². The Balaban J connectivity index is 1.47. The van der Waals surface area contributed by atoms with Crippen molar-refractivity contribution in [2.75, 3.05) is 20.8 Å². The molecule has 2 unspecified atom stereocenters. The first-order chi connectivity index (χ1) is 16.8.